The molecule has 0 amide bonds. The third-order valence-corrected chi connectivity index (χ3v) is 10.5. The van der Waals surface area contributed by atoms with Crippen LogP contribution in [-0.4, -0.2) is 69.2 Å². The molecule has 0 aliphatic carbocycles. The van der Waals surface area contributed by atoms with Gasteiger partial charge in [0.15, 0.2) is 0 Å². The molecular formula is C42H47N5O4. The number of carbonyl (C=O) groups excluding carboxylic acids is 1. The zero-order chi connectivity index (χ0) is 34.7. The Labute approximate surface area is 299 Å². The monoisotopic (exact) mass is 685 g/mol. The third-order valence-electron chi connectivity index (χ3n) is 10.5. The Morgan fingerprint density at radius 1 is 0.863 bits per heavy atom. The van der Waals surface area contributed by atoms with Gasteiger partial charge in [0.1, 0.15) is 11.4 Å². The Morgan fingerprint density at radius 2 is 1.61 bits per heavy atom. The lowest BCUT2D eigenvalue weighted by molar-refractivity contribution is 0.0512. The lowest BCUT2D eigenvalue weighted by Gasteiger charge is -2.30. The number of para-hydroxylation sites is 1. The number of benzene rings is 4. The van der Waals surface area contributed by atoms with Gasteiger partial charge in [-0.1, -0.05) is 54.6 Å². The molecule has 4 heterocycles. The molecule has 1 atom stereocenters. The van der Waals surface area contributed by atoms with Gasteiger partial charge in [-0.2, -0.15) is 0 Å². The maximum absolute atomic E-state index is 13.9. The number of rotatable bonds is 9. The summed E-state index contributed by atoms with van der Waals surface area (Å²) < 4.78 is 19.9. The molecular weight excluding hydrogens is 638 g/mol. The lowest BCUT2D eigenvalue weighted by atomic mass is 9.95. The summed E-state index contributed by atoms with van der Waals surface area (Å²) in [5.41, 5.74) is 15.8. The van der Waals surface area contributed by atoms with E-state index in [2.05, 4.69) is 92.8 Å². The van der Waals surface area contributed by atoms with Crippen LogP contribution < -0.4 is 25.4 Å². The van der Waals surface area contributed by atoms with E-state index in [1.54, 1.807) is 0 Å². The first kappa shape index (κ1) is 33.2. The molecule has 3 aliphatic heterocycles. The van der Waals surface area contributed by atoms with Crippen LogP contribution in [0.4, 0.5) is 11.4 Å². The number of hydrogen-bond donors (Lipinski definition) is 2. The lowest BCUT2D eigenvalue weighted by Crippen LogP contribution is -2.36. The second-order valence-electron chi connectivity index (χ2n) is 13.6. The summed E-state index contributed by atoms with van der Waals surface area (Å²) in [5.74, 6) is 0.624. The maximum atomic E-state index is 13.9. The fourth-order valence-corrected chi connectivity index (χ4v) is 8.08. The van der Waals surface area contributed by atoms with Gasteiger partial charge in [-0.15, -0.1) is 0 Å². The summed E-state index contributed by atoms with van der Waals surface area (Å²) in [6.07, 6.45) is 2.33. The Balaban J connectivity index is 1.13. The summed E-state index contributed by atoms with van der Waals surface area (Å²) in [7, 11) is 0. The molecule has 1 saturated heterocycles. The van der Waals surface area contributed by atoms with Crippen LogP contribution in [0.5, 0.6) is 5.75 Å². The Bertz CT molecular complexity index is 2060. The molecule has 264 valence electrons. The molecule has 0 bridgehead atoms. The highest BCUT2D eigenvalue weighted by Gasteiger charge is 2.31. The van der Waals surface area contributed by atoms with Gasteiger partial charge in [0.25, 0.3) is 0 Å². The first-order chi connectivity index (χ1) is 25.1. The summed E-state index contributed by atoms with van der Waals surface area (Å²) in [5, 5.41) is 3.38. The average Bonchev–Trinajstić information content (AvgIpc) is 3.70. The van der Waals surface area contributed by atoms with E-state index in [0.717, 1.165) is 96.5 Å². The molecule has 9 nitrogen and oxygen atoms in total. The van der Waals surface area contributed by atoms with Crippen molar-refractivity contribution in [2.75, 3.05) is 62.4 Å². The number of esters is 1. The van der Waals surface area contributed by atoms with Crippen molar-refractivity contribution in [3.05, 3.63) is 107 Å². The van der Waals surface area contributed by atoms with E-state index in [9.17, 15) is 4.79 Å². The highest BCUT2D eigenvalue weighted by molar-refractivity contribution is 6.03. The number of aromatic nitrogens is 1. The Morgan fingerprint density at radius 3 is 2.43 bits per heavy atom. The Hall–Kier alpha value is -4.99. The molecule has 1 unspecified atom stereocenters. The highest BCUT2D eigenvalue weighted by Crippen LogP contribution is 2.38. The molecule has 5 aromatic rings. The van der Waals surface area contributed by atoms with E-state index in [-0.39, 0.29) is 12.0 Å². The van der Waals surface area contributed by atoms with Gasteiger partial charge >= 0.3 is 5.97 Å². The molecule has 1 fully saturated rings. The number of anilines is 2. The van der Waals surface area contributed by atoms with Crippen LogP contribution in [0.15, 0.2) is 90.6 Å². The van der Waals surface area contributed by atoms with Crippen LogP contribution in [0.25, 0.3) is 27.2 Å². The number of nitrogens with zero attached hydrogens (tertiary/aromatic N) is 3. The molecule has 0 spiro atoms. The number of aryl methyl sites for hydroxylation is 2. The van der Waals surface area contributed by atoms with Crippen molar-refractivity contribution in [3.8, 4) is 5.75 Å². The molecule has 0 radical (unpaired) electrons. The van der Waals surface area contributed by atoms with Crippen LogP contribution in [0.1, 0.15) is 48.3 Å². The van der Waals surface area contributed by atoms with Gasteiger partial charge in [0, 0.05) is 59.5 Å². The van der Waals surface area contributed by atoms with E-state index in [1.807, 2.05) is 31.2 Å². The fourth-order valence-electron chi connectivity index (χ4n) is 8.08. The van der Waals surface area contributed by atoms with Gasteiger partial charge in [-0.25, -0.2) is 10.2 Å². The second kappa shape index (κ2) is 14.7. The predicted molar refractivity (Wildman–Crippen MR) is 205 cm³/mol. The fraction of sp³-hybridized carbons (Fsp3) is 0.357. The normalized spacial score (nSPS) is 17.8. The van der Waals surface area contributed by atoms with E-state index in [0.29, 0.717) is 31.9 Å². The molecule has 4 aromatic carbocycles. The molecule has 0 saturated carbocycles. The zero-order valence-corrected chi connectivity index (χ0v) is 29.6. The average molecular weight is 686 g/mol. The van der Waals surface area contributed by atoms with Crippen LogP contribution in [0.2, 0.25) is 0 Å². The standard InChI is InChI=1S/C42H47N5O4/c1-3-50-42(48)41-35(15-8-25-51-38-16-6-11-30-10-4-5-12-33(30)38)34-13-7-14-36-39-29(2)43-44-37(39)28-46(21-9-22-47(41)40(34)36)32-19-17-31(18-20-32)45-23-26-49-27-24-45/h4-7,10-14,16-20,29,43-44H,3,8-9,15,21-28H2,1-2H3. The molecule has 1 aromatic heterocycles. The number of hydrazine groups is 1. The minimum absolute atomic E-state index is 0.0857. The molecule has 2 N–H and O–H groups in total. The summed E-state index contributed by atoms with van der Waals surface area (Å²) in [6.45, 7) is 10.6. The Kier molecular flexibility index (Phi) is 9.56. The van der Waals surface area contributed by atoms with Crippen molar-refractivity contribution in [1.82, 2.24) is 15.4 Å². The van der Waals surface area contributed by atoms with E-state index in [1.165, 1.54) is 16.9 Å². The number of carbonyl (C=O) groups is 1. The third kappa shape index (κ3) is 6.52. The SMILES string of the molecule is CCOC(=O)c1c(CCCOc2cccc3ccccc23)c2cccc3c2n1CCCN(c1ccc(N2CCOCC2)cc1)CC1=C3C(C)NN1. The van der Waals surface area contributed by atoms with Crippen molar-refractivity contribution in [3.63, 3.8) is 0 Å². The highest BCUT2D eigenvalue weighted by atomic mass is 16.5. The van der Waals surface area contributed by atoms with Gasteiger partial charge in [-0.3, -0.25) is 0 Å². The number of hydrogen-bond acceptors (Lipinski definition) is 8. The van der Waals surface area contributed by atoms with Gasteiger partial charge < -0.3 is 34.0 Å². The van der Waals surface area contributed by atoms with Crippen molar-refractivity contribution in [2.24, 2.45) is 0 Å². The van der Waals surface area contributed by atoms with Crippen LogP contribution >= 0.6 is 0 Å². The van der Waals surface area contributed by atoms with Crippen molar-refractivity contribution in [2.45, 2.75) is 45.7 Å². The molecule has 8 rings (SSSR count). The maximum Gasteiger partial charge on any atom is 0.355 e. The number of nitrogens with one attached hydrogen (secondary N) is 2. The van der Waals surface area contributed by atoms with E-state index in [4.69, 9.17) is 14.2 Å². The number of fused-ring (bicyclic) bond motifs is 2. The van der Waals surface area contributed by atoms with Crippen LogP contribution in [-0.2, 0) is 22.4 Å². The summed E-state index contributed by atoms with van der Waals surface area (Å²) in [4.78, 5) is 18.8. The van der Waals surface area contributed by atoms with Gasteiger partial charge in [-0.05, 0) is 74.4 Å². The summed E-state index contributed by atoms with van der Waals surface area (Å²) >= 11 is 0. The minimum Gasteiger partial charge on any atom is -0.493 e. The zero-order valence-electron chi connectivity index (χ0n) is 29.6. The minimum atomic E-state index is -0.262. The predicted octanol–water partition coefficient (Wildman–Crippen LogP) is 6.94. The van der Waals surface area contributed by atoms with E-state index >= 15 is 0 Å². The quantitative estimate of drug-likeness (QED) is 0.128. The molecule has 51 heavy (non-hydrogen) atoms. The first-order valence-corrected chi connectivity index (χ1v) is 18.4. The van der Waals surface area contributed by atoms with Gasteiger partial charge in [0.05, 0.1) is 50.2 Å². The largest absolute Gasteiger partial charge is 0.493 e. The van der Waals surface area contributed by atoms with Crippen molar-refractivity contribution < 1.29 is 19.0 Å². The van der Waals surface area contributed by atoms with E-state index < -0.39 is 0 Å². The number of morpholine rings is 1. The van der Waals surface area contributed by atoms with Gasteiger partial charge in [0.2, 0.25) is 0 Å². The van der Waals surface area contributed by atoms with Crippen molar-refractivity contribution in [1.29, 1.82) is 0 Å². The number of ether oxygens (including phenoxy) is 3. The smallest absolute Gasteiger partial charge is 0.355 e. The summed E-state index contributed by atoms with van der Waals surface area (Å²) in [6, 6.07) is 30.0. The second-order valence-corrected chi connectivity index (χ2v) is 13.6. The molecule has 3 aliphatic rings. The first-order valence-electron chi connectivity index (χ1n) is 18.4. The van der Waals surface area contributed by atoms with Crippen molar-refractivity contribution >= 4 is 44.6 Å². The molecule has 9 heteroatoms. The topological polar surface area (TPSA) is 80.2 Å². The van der Waals surface area contributed by atoms with Crippen LogP contribution in [0.3, 0.4) is 0 Å². The van der Waals surface area contributed by atoms with Crippen LogP contribution in [0, 0.1) is 0 Å².